The number of alkyl halides is 3. The van der Waals surface area contributed by atoms with Gasteiger partial charge in [0.2, 0.25) is 0 Å². The number of nitrogens with zero attached hydrogens (tertiary/aromatic N) is 1. The minimum Gasteiger partial charge on any atom is -0.472 e. The number of benzene rings is 2. The van der Waals surface area contributed by atoms with Gasteiger partial charge in [-0.2, -0.15) is 13.2 Å². The molecule has 3 unspecified atom stereocenters. The van der Waals surface area contributed by atoms with Gasteiger partial charge in [-0.1, -0.05) is 42.6 Å². The van der Waals surface area contributed by atoms with Crippen LogP contribution >= 0.6 is 11.6 Å². The van der Waals surface area contributed by atoms with Crippen molar-refractivity contribution in [3.8, 4) is 5.75 Å². The van der Waals surface area contributed by atoms with E-state index in [1.165, 1.54) is 24.3 Å². The molecule has 1 saturated carbocycles. The number of rotatable bonds is 6. The van der Waals surface area contributed by atoms with Crippen molar-refractivity contribution in [3.05, 3.63) is 58.9 Å². The third kappa shape index (κ3) is 5.56. The van der Waals surface area contributed by atoms with E-state index in [0.29, 0.717) is 6.42 Å². The number of para-hydroxylation sites is 1. The van der Waals surface area contributed by atoms with Crippen molar-refractivity contribution in [3.63, 3.8) is 0 Å². The Kier molecular flexibility index (Phi) is 7.99. The minimum atomic E-state index is -4.62. The SMILES string of the molecule is CC1CCC(NC(=O)Nc2ccc(Cl)cc2F)C(Oc2ccccc2[C@@]2(C(F)(F)F)CCO2)N1C1CCCC1. The molecular formula is C28H32ClF4N3O3. The van der Waals surface area contributed by atoms with Gasteiger partial charge >= 0.3 is 12.2 Å². The quantitative estimate of drug-likeness (QED) is 0.369. The highest BCUT2D eigenvalue weighted by Crippen LogP contribution is 2.53. The average Bonchev–Trinajstić information content (AvgIpc) is 3.36. The van der Waals surface area contributed by atoms with Crippen molar-refractivity contribution in [2.75, 3.05) is 11.9 Å². The summed E-state index contributed by atoms with van der Waals surface area (Å²) in [6, 6.07) is 9.09. The van der Waals surface area contributed by atoms with Crippen LogP contribution in [0.5, 0.6) is 5.75 Å². The lowest BCUT2D eigenvalue weighted by Gasteiger charge is -2.49. The van der Waals surface area contributed by atoms with E-state index in [1.807, 2.05) is 0 Å². The first-order valence-corrected chi connectivity index (χ1v) is 13.7. The van der Waals surface area contributed by atoms with Crippen molar-refractivity contribution < 1.29 is 31.8 Å². The zero-order valence-electron chi connectivity index (χ0n) is 21.6. The Bertz CT molecular complexity index is 1190. The van der Waals surface area contributed by atoms with Gasteiger partial charge in [0.15, 0.2) is 11.8 Å². The highest BCUT2D eigenvalue weighted by atomic mass is 35.5. The number of hydrogen-bond acceptors (Lipinski definition) is 4. The lowest BCUT2D eigenvalue weighted by atomic mass is 9.85. The molecule has 0 bridgehead atoms. The Morgan fingerprint density at radius 3 is 2.49 bits per heavy atom. The van der Waals surface area contributed by atoms with Crippen molar-refractivity contribution >= 4 is 23.3 Å². The summed E-state index contributed by atoms with van der Waals surface area (Å²) in [6.07, 6.45) is -0.261. The van der Waals surface area contributed by atoms with Crippen LogP contribution in [0.4, 0.5) is 28.0 Å². The summed E-state index contributed by atoms with van der Waals surface area (Å²) < 4.78 is 68.6. The summed E-state index contributed by atoms with van der Waals surface area (Å²) in [5.41, 5.74) is -2.53. The molecule has 2 heterocycles. The lowest BCUT2D eigenvalue weighted by molar-refractivity contribution is -0.334. The molecule has 2 saturated heterocycles. The number of hydrogen-bond donors (Lipinski definition) is 2. The Balaban J connectivity index is 1.44. The van der Waals surface area contributed by atoms with Crippen LogP contribution in [0.3, 0.4) is 0 Å². The average molecular weight is 570 g/mol. The summed E-state index contributed by atoms with van der Waals surface area (Å²) in [4.78, 5) is 15.2. The number of carbonyl (C=O) groups excluding carboxylic acids is 1. The van der Waals surface area contributed by atoms with E-state index in [1.54, 1.807) is 12.1 Å². The molecule has 2 amide bonds. The standard InChI is InChI=1S/C28H32ClF4N3O3/c1-17-10-12-23(35-26(37)34-22-13-11-18(29)16-21(22)30)25(36(17)19-6-2-3-7-19)39-24-9-5-4-8-20(24)27(14-15-38-27)28(31,32)33/h4-5,8-9,11,13,16-17,19,23,25H,2-3,6-7,10,12,14-15H2,1H3,(H2,34,35,37)/t17?,23?,25?,27-/m1/s1. The van der Waals surface area contributed by atoms with E-state index >= 15 is 0 Å². The third-order valence-electron chi connectivity index (χ3n) is 8.11. The summed E-state index contributed by atoms with van der Waals surface area (Å²) in [5, 5.41) is 5.61. The second kappa shape index (κ2) is 11.1. The van der Waals surface area contributed by atoms with Gasteiger partial charge < -0.3 is 20.1 Å². The summed E-state index contributed by atoms with van der Waals surface area (Å²) in [7, 11) is 0. The largest absolute Gasteiger partial charge is 0.472 e. The number of carbonyl (C=O) groups is 1. The number of halogens is 5. The molecule has 3 fully saturated rings. The van der Waals surface area contributed by atoms with Gasteiger partial charge in [-0.3, -0.25) is 4.90 Å². The number of ether oxygens (including phenoxy) is 2. The Morgan fingerprint density at radius 1 is 1.13 bits per heavy atom. The number of nitrogens with one attached hydrogen (secondary N) is 2. The lowest BCUT2D eigenvalue weighted by Crippen LogP contribution is -2.63. The Hall–Kier alpha value is -2.56. The van der Waals surface area contributed by atoms with Crippen LogP contribution < -0.4 is 15.4 Å². The predicted molar refractivity (Wildman–Crippen MR) is 139 cm³/mol. The van der Waals surface area contributed by atoms with E-state index < -0.39 is 35.9 Å². The molecule has 3 aliphatic rings. The molecule has 0 aromatic heterocycles. The molecule has 11 heteroatoms. The maximum Gasteiger partial charge on any atom is 0.421 e. The first-order chi connectivity index (χ1) is 18.6. The van der Waals surface area contributed by atoms with Gasteiger partial charge in [0, 0.05) is 29.1 Å². The molecule has 6 nitrogen and oxygen atoms in total. The zero-order chi connectivity index (χ0) is 27.8. The van der Waals surface area contributed by atoms with Crippen LogP contribution in [-0.2, 0) is 10.3 Å². The van der Waals surface area contributed by atoms with Crippen molar-refractivity contribution in [1.29, 1.82) is 0 Å². The first kappa shape index (κ1) is 28.0. The van der Waals surface area contributed by atoms with Gasteiger partial charge in [0.05, 0.1) is 18.3 Å². The molecule has 0 spiro atoms. The fraction of sp³-hybridized carbons (Fsp3) is 0.536. The monoisotopic (exact) mass is 569 g/mol. The topological polar surface area (TPSA) is 62.8 Å². The number of likely N-dealkylation sites (tertiary alicyclic amines) is 1. The van der Waals surface area contributed by atoms with Crippen molar-refractivity contribution in [2.45, 2.75) is 88.0 Å². The third-order valence-corrected chi connectivity index (χ3v) is 8.35. The molecule has 39 heavy (non-hydrogen) atoms. The molecule has 1 aliphatic carbocycles. The van der Waals surface area contributed by atoms with Gasteiger partial charge in [-0.05, 0) is 56.9 Å². The number of urea groups is 1. The Labute approximate surface area is 230 Å². The minimum absolute atomic E-state index is 0.00805. The molecule has 2 aliphatic heterocycles. The smallest absolute Gasteiger partial charge is 0.421 e. The van der Waals surface area contributed by atoms with E-state index in [4.69, 9.17) is 21.1 Å². The van der Waals surface area contributed by atoms with Gasteiger partial charge in [0.1, 0.15) is 11.6 Å². The number of amides is 2. The van der Waals surface area contributed by atoms with Crippen LogP contribution in [0, 0.1) is 5.82 Å². The number of anilines is 1. The predicted octanol–water partition coefficient (Wildman–Crippen LogP) is 6.98. The summed E-state index contributed by atoms with van der Waals surface area (Å²) >= 11 is 5.81. The van der Waals surface area contributed by atoms with Crippen LogP contribution in [-0.4, -0.2) is 48.1 Å². The second-order valence-electron chi connectivity index (χ2n) is 10.6. The molecule has 0 radical (unpaired) electrons. The van der Waals surface area contributed by atoms with Gasteiger partial charge in [-0.25, -0.2) is 9.18 Å². The second-order valence-corrected chi connectivity index (χ2v) is 11.0. The maximum absolute atomic E-state index is 14.3. The molecule has 2 N–H and O–H groups in total. The molecule has 2 aromatic rings. The van der Waals surface area contributed by atoms with E-state index in [-0.39, 0.29) is 47.1 Å². The maximum atomic E-state index is 14.3. The van der Waals surface area contributed by atoms with Crippen LogP contribution in [0.15, 0.2) is 42.5 Å². The summed E-state index contributed by atoms with van der Waals surface area (Å²) in [5.74, 6) is -0.602. The zero-order valence-corrected chi connectivity index (χ0v) is 22.3. The van der Waals surface area contributed by atoms with Crippen LogP contribution in [0.2, 0.25) is 5.02 Å². The first-order valence-electron chi connectivity index (χ1n) is 13.4. The van der Waals surface area contributed by atoms with E-state index in [9.17, 15) is 22.4 Å². The molecule has 4 atom stereocenters. The van der Waals surface area contributed by atoms with E-state index in [0.717, 1.165) is 38.2 Å². The molecular weight excluding hydrogens is 538 g/mol. The fourth-order valence-corrected chi connectivity index (χ4v) is 6.23. The molecule has 2 aromatic carbocycles. The van der Waals surface area contributed by atoms with Crippen LogP contribution in [0.1, 0.15) is 57.4 Å². The molecule has 5 rings (SSSR count). The van der Waals surface area contributed by atoms with Crippen LogP contribution in [0.25, 0.3) is 0 Å². The Morgan fingerprint density at radius 2 is 1.85 bits per heavy atom. The normalized spacial score (nSPS) is 28.1. The highest BCUT2D eigenvalue weighted by molar-refractivity contribution is 6.30. The van der Waals surface area contributed by atoms with E-state index in [2.05, 4.69) is 22.5 Å². The molecule has 212 valence electrons. The van der Waals surface area contributed by atoms with Gasteiger partial charge in [0.25, 0.3) is 0 Å². The highest BCUT2D eigenvalue weighted by Gasteiger charge is 2.62. The van der Waals surface area contributed by atoms with Gasteiger partial charge in [-0.15, -0.1) is 0 Å². The van der Waals surface area contributed by atoms with Crippen molar-refractivity contribution in [1.82, 2.24) is 10.2 Å². The van der Waals surface area contributed by atoms with Crippen molar-refractivity contribution in [2.24, 2.45) is 0 Å². The fourth-order valence-electron chi connectivity index (χ4n) is 6.07. The number of piperidine rings is 1. The summed E-state index contributed by atoms with van der Waals surface area (Å²) in [6.45, 7) is 2.08.